The summed E-state index contributed by atoms with van der Waals surface area (Å²) >= 11 is 0. The van der Waals surface area contributed by atoms with Gasteiger partial charge in [-0.2, -0.15) is 0 Å². The van der Waals surface area contributed by atoms with Gasteiger partial charge in [-0.1, -0.05) is 50.5 Å². The summed E-state index contributed by atoms with van der Waals surface area (Å²) in [6, 6.07) is 0. The van der Waals surface area contributed by atoms with Crippen molar-refractivity contribution in [2.75, 3.05) is 0 Å². The zero-order valence-corrected chi connectivity index (χ0v) is 11.5. The Balaban J connectivity index is 3.82. The highest BCUT2D eigenvalue weighted by molar-refractivity contribution is 5.77. The molecule has 0 rings (SSSR count). The second-order valence-electron chi connectivity index (χ2n) is 4.57. The van der Waals surface area contributed by atoms with E-state index in [1.54, 1.807) is 12.2 Å². The first-order chi connectivity index (χ1) is 9.07. The quantitative estimate of drug-likeness (QED) is 0.443. The molecule has 19 heavy (non-hydrogen) atoms. The van der Waals surface area contributed by atoms with Gasteiger partial charge in [-0.15, -0.1) is 0 Å². The van der Waals surface area contributed by atoms with Crippen molar-refractivity contribution in [1.82, 2.24) is 0 Å². The number of rotatable bonds is 11. The average molecular weight is 268 g/mol. The summed E-state index contributed by atoms with van der Waals surface area (Å²) in [5, 5.41) is 17.4. The van der Waals surface area contributed by atoms with Gasteiger partial charge in [0.05, 0.1) is 12.3 Å². The standard InChI is InChI=1S/C15H24O4/c1-2-3-4-5-6-7-8-9-10-11-13(15(18)19)12-14(16)17/h7-10,13H,2-6,11-12H2,1H3,(H,16,17)(H,18,19)/b8-7+,10-9+. The van der Waals surface area contributed by atoms with Gasteiger partial charge in [-0.05, 0) is 19.3 Å². The van der Waals surface area contributed by atoms with Crippen LogP contribution in [0.4, 0.5) is 0 Å². The first-order valence-electron chi connectivity index (χ1n) is 6.84. The van der Waals surface area contributed by atoms with E-state index in [4.69, 9.17) is 10.2 Å². The number of hydrogen-bond acceptors (Lipinski definition) is 2. The van der Waals surface area contributed by atoms with Crippen LogP contribution in [0.5, 0.6) is 0 Å². The molecule has 2 N–H and O–H groups in total. The van der Waals surface area contributed by atoms with Crippen molar-refractivity contribution in [3.63, 3.8) is 0 Å². The highest BCUT2D eigenvalue weighted by Gasteiger charge is 2.18. The lowest BCUT2D eigenvalue weighted by Gasteiger charge is -2.05. The van der Waals surface area contributed by atoms with Gasteiger partial charge in [0.2, 0.25) is 0 Å². The van der Waals surface area contributed by atoms with Gasteiger partial charge in [0.15, 0.2) is 0 Å². The first kappa shape index (κ1) is 17.4. The van der Waals surface area contributed by atoms with Gasteiger partial charge in [0.1, 0.15) is 0 Å². The van der Waals surface area contributed by atoms with Crippen LogP contribution in [0.25, 0.3) is 0 Å². The Morgan fingerprint density at radius 1 is 1.05 bits per heavy atom. The van der Waals surface area contributed by atoms with E-state index in [1.165, 1.54) is 25.7 Å². The second-order valence-corrected chi connectivity index (χ2v) is 4.57. The molecule has 0 aromatic heterocycles. The van der Waals surface area contributed by atoms with E-state index in [-0.39, 0.29) is 12.8 Å². The molecule has 0 aromatic carbocycles. The number of hydrogen-bond donors (Lipinski definition) is 2. The van der Waals surface area contributed by atoms with Crippen LogP contribution in [0.2, 0.25) is 0 Å². The van der Waals surface area contributed by atoms with Crippen molar-refractivity contribution in [2.24, 2.45) is 5.92 Å². The van der Waals surface area contributed by atoms with Crippen LogP contribution in [-0.4, -0.2) is 22.2 Å². The predicted octanol–water partition coefficient (Wildman–Crippen LogP) is 3.63. The Kier molecular flexibility index (Phi) is 10.6. The van der Waals surface area contributed by atoms with Crippen molar-refractivity contribution in [1.29, 1.82) is 0 Å². The number of carboxylic acid groups (broad SMARTS) is 2. The van der Waals surface area contributed by atoms with E-state index in [2.05, 4.69) is 13.0 Å². The third-order valence-electron chi connectivity index (χ3n) is 2.80. The van der Waals surface area contributed by atoms with E-state index in [0.29, 0.717) is 0 Å². The molecule has 0 aliphatic heterocycles. The minimum absolute atomic E-state index is 0.252. The summed E-state index contributed by atoms with van der Waals surface area (Å²) in [4.78, 5) is 21.3. The molecule has 0 bridgehead atoms. The fourth-order valence-electron chi connectivity index (χ4n) is 1.67. The molecule has 0 aromatic rings. The number of aliphatic carboxylic acids is 2. The smallest absolute Gasteiger partial charge is 0.307 e. The molecule has 1 unspecified atom stereocenters. The fourth-order valence-corrected chi connectivity index (χ4v) is 1.67. The van der Waals surface area contributed by atoms with Crippen molar-refractivity contribution in [3.05, 3.63) is 24.3 Å². The van der Waals surface area contributed by atoms with Crippen LogP contribution >= 0.6 is 0 Å². The van der Waals surface area contributed by atoms with Crippen LogP contribution < -0.4 is 0 Å². The molecule has 0 aliphatic rings. The topological polar surface area (TPSA) is 74.6 Å². The molecule has 4 heteroatoms. The summed E-state index contributed by atoms with van der Waals surface area (Å²) in [5.41, 5.74) is 0. The van der Waals surface area contributed by atoms with E-state index < -0.39 is 17.9 Å². The third-order valence-corrected chi connectivity index (χ3v) is 2.80. The third kappa shape index (κ3) is 11.3. The Morgan fingerprint density at radius 3 is 2.32 bits per heavy atom. The number of unbranched alkanes of at least 4 members (excludes halogenated alkanes) is 4. The number of carbonyl (C=O) groups is 2. The maximum Gasteiger partial charge on any atom is 0.307 e. The Hall–Kier alpha value is -1.58. The summed E-state index contributed by atoms with van der Waals surface area (Å²) < 4.78 is 0. The lowest BCUT2D eigenvalue weighted by Crippen LogP contribution is -2.16. The molecule has 0 fully saturated rings. The minimum atomic E-state index is -1.08. The zero-order chi connectivity index (χ0) is 14.5. The van der Waals surface area contributed by atoms with Gasteiger partial charge in [-0.3, -0.25) is 9.59 Å². The molecule has 0 saturated heterocycles. The van der Waals surface area contributed by atoms with Gasteiger partial charge in [0.25, 0.3) is 0 Å². The molecule has 0 spiro atoms. The second kappa shape index (κ2) is 11.5. The van der Waals surface area contributed by atoms with E-state index >= 15 is 0 Å². The van der Waals surface area contributed by atoms with E-state index in [9.17, 15) is 9.59 Å². The van der Waals surface area contributed by atoms with E-state index in [1.807, 2.05) is 6.08 Å². The highest BCUT2D eigenvalue weighted by atomic mass is 16.4. The molecule has 0 amide bonds. The Bertz CT molecular complexity index is 318. The van der Waals surface area contributed by atoms with Crippen LogP contribution in [0, 0.1) is 5.92 Å². The largest absolute Gasteiger partial charge is 0.481 e. The fraction of sp³-hybridized carbons (Fsp3) is 0.600. The van der Waals surface area contributed by atoms with Crippen molar-refractivity contribution < 1.29 is 19.8 Å². The number of allylic oxidation sites excluding steroid dienone is 4. The molecule has 1 atom stereocenters. The van der Waals surface area contributed by atoms with Crippen molar-refractivity contribution in [3.8, 4) is 0 Å². The molecule has 0 aliphatic carbocycles. The highest BCUT2D eigenvalue weighted by Crippen LogP contribution is 2.10. The first-order valence-corrected chi connectivity index (χ1v) is 6.84. The maximum absolute atomic E-state index is 10.8. The summed E-state index contributed by atoms with van der Waals surface area (Å²) in [7, 11) is 0. The average Bonchev–Trinajstić information content (AvgIpc) is 2.34. The van der Waals surface area contributed by atoms with Gasteiger partial charge in [-0.25, -0.2) is 0 Å². The van der Waals surface area contributed by atoms with Gasteiger partial charge >= 0.3 is 11.9 Å². The Morgan fingerprint density at radius 2 is 1.74 bits per heavy atom. The zero-order valence-electron chi connectivity index (χ0n) is 11.5. The van der Waals surface area contributed by atoms with Crippen LogP contribution in [0.3, 0.4) is 0 Å². The molecular formula is C15H24O4. The maximum atomic E-state index is 10.8. The van der Waals surface area contributed by atoms with Crippen molar-refractivity contribution >= 4 is 11.9 Å². The van der Waals surface area contributed by atoms with Gasteiger partial charge in [0, 0.05) is 0 Å². The minimum Gasteiger partial charge on any atom is -0.481 e. The van der Waals surface area contributed by atoms with Crippen LogP contribution in [-0.2, 0) is 9.59 Å². The molecule has 4 nitrogen and oxygen atoms in total. The van der Waals surface area contributed by atoms with Crippen molar-refractivity contribution in [2.45, 2.75) is 51.9 Å². The lowest BCUT2D eigenvalue weighted by molar-refractivity contribution is -0.148. The summed E-state index contributed by atoms with van der Waals surface area (Å²) in [6.07, 6.45) is 13.3. The molecular weight excluding hydrogens is 244 g/mol. The molecule has 0 radical (unpaired) electrons. The summed E-state index contributed by atoms with van der Waals surface area (Å²) in [5.74, 6) is -2.98. The monoisotopic (exact) mass is 268 g/mol. The predicted molar refractivity (Wildman–Crippen MR) is 75.0 cm³/mol. The number of carboxylic acids is 2. The molecule has 108 valence electrons. The normalized spacial score (nSPS) is 13.1. The molecule has 0 saturated carbocycles. The van der Waals surface area contributed by atoms with Crippen LogP contribution in [0.1, 0.15) is 51.9 Å². The van der Waals surface area contributed by atoms with Crippen LogP contribution in [0.15, 0.2) is 24.3 Å². The SMILES string of the molecule is CCCCCC/C=C/C=C/CC(CC(=O)O)C(=O)O. The lowest BCUT2D eigenvalue weighted by atomic mass is 10.0. The Labute approximate surface area is 114 Å². The van der Waals surface area contributed by atoms with Gasteiger partial charge < -0.3 is 10.2 Å². The van der Waals surface area contributed by atoms with E-state index in [0.717, 1.165) is 6.42 Å². The summed E-state index contributed by atoms with van der Waals surface area (Å²) in [6.45, 7) is 2.18. The molecule has 0 heterocycles.